The highest BCUT2D eigenvalue weighted by Crippen LogP contribution is 2.30. The maximum absolute atomic E-state index is 13.1. The average molecular weight is 455 g/mol. The molecule has 0 saturated heterocycles. The van der Waals surface area contributed by atoms with Crippen LogP contribution in [0.1, 0.15) is 32.6 Å². The molecule has 7 heteroatoms. The fourth-order valence-corrected chi connectivity index (χ4v) is 4.23. The van der Waals surface area contributed by atoms with Gasteiger partial charge in [0, 0.05) is 11.9 Å². The van der Waals surface area contributed by atoms with Gasteiger partial charge in [0.15, 0.2) is 0 Å². The number of aromatic nitrogens is 1. The van der Waals surface area contributed by atoms with Gasteiger partial charge in [0.2, 0.25) is 0 Å². The van der Waals surface area contributed by atoms with E-state index in [2.05, 4.69) is 5.32 Å². The van der Waals surface area contributed by atoms with Crippen molar-refractivity contribution >= 4 is 28.1 Å². The molecular weight excluding hydrogens is 433 g/mol. The number of carbonyl (C=O) groups is 1. The largest absolute Gasteiger partial charge is 0.416 e. The van der Waals surface area contributed by atoms with Crippen LogP contribution in [0.3, 0.4) is 0 Å². The number of nitrogens with zero attached hydrogens (tertiary/aromatic N) is 1. The topological polar surface area (TPSA) is 42.0 Å². The van der Waals surface area contributed by atoms with E-state index in [1.807, 2.05) is 43.5 Å². The maximum atomic E-state index is 13.1. The van der Waals surface area contributed by atoms with Crippen molar-refractivity contribution in [1.82, 2.24) is 10.3 Å². The molecule has 0 aliphatic carbocycles. The van der Waals surface area contributed by atoms with E-state index in [-0.39, 0.29) is 12.5 Å². The van der Waals surface area contributed by atoms with Crippen molar-refractivity contribution in [2.45, 2.75) is 26.4 Å². The van der Waals surface area contributed by atoms with Crippen molar-refractivity contribution < 1.29 is 18.0 Å². The highest BCUT2D eigenvalue weighted by molar-refractivity contribution is 7.13. The molecule has 2 aromatic carbocycles. The quantitative estimate of drug-likeness (QED) is 0.371. The van der Waals surface area contributed by atoms with Crippen molar-refractivity contribution in [3.8, 4) is 10.6 Å². The highest BCUT2D eigenvalue weighted by atomic mass is 32.1. The molecule has 0 unspecified atom stereocenters. The molecule has 0 saturated carbocycles. The van der Waals surface area contributed by atoms with Crippen LogP contribution in [0.25, 0.3) is 21.5 Å². The summed E-state index contributed by atoms with van der Waals surface area (Å²) >= 11 is 1.54. The number of fused-ring (bicyclic) bond motifs is 1. The first-order valence-corrected chi connectivity index (χ1v) is 11.0. The number of hydrogen-bond acceptors (Lipinski definition) is 3. The van der Waals surface area contributed by atoms with Gasteiger partial charge in [0.05, 0.1) is 27.2 Å². The van der Waals surface area contributed by atoms with Crippen LogP contribution in [0, 0.1) is 13.8 Å². The molecule has 0 radical (unpaired) electrons. The number of nitrogens with one attached hydrogen (secondary N) is 1. The van der Waals surface area contributed by atoms with Gasteiger partial charge in [-0.3, -0.25) is 4.79 Å². The van der Waals surface area contributed by atoms with Gasteiger partial charge in [-0.15, -0.1) is 11.3 Å². The van der Waals surface area contributed by atoms with Crippen molar-refractivity contribution in [2.75, 3.05) is 6.54 Å². The van der Waals surface area contributed by atoms with E-state index in [0.29, 0.717) is 17.5 Å². The number of halogens is 3. The van der Waals surface area contributed by atoms with Gasteiger partial charge in [-0.1, -0.05) is 24.3 Å². The number of benzene rings is 2. The normalized spacial score (nSPS) is 11.7. The molecule has 1 N–H and O–H groups in total. The second kappa shape index (κ2) is 8.74. The Bertz CT molecular complexity index is 1280. The fourth-order valence-electron chi connectivity index (χ4n) is 3.54. The van der Waals surface area contributed by atoms with E-state index in [0.717, 1.165) is 44.7 Å². The molecule has 0 bridgehead atoms. The lowest BCUT2D eigenvalue weighted by atomic mass is 10.0. The van der Waals surface area contributed by atoms with Crippen molar-refractivity contribution in [3.05, 3.63) is 87.8 Å². The minimum absolute atomic E-state index is 0.225. The first-order valence-electron chi connectivity index (χ1n) is 10.1. The Morgan fingerprint density at radius 1 is 1.03 bits per heavy atom. The van der Waals surface area contributed by atoms with E-state index in [1.165, 1.54) is 6.07 Å². The van der Waals surface area contributed by atoms with Crippen LogP contribution in [0.5, 0.6) is 0 Å². The molecule has 0 fully saturated rings. The number of aryl methyl sites for hydroxylation is 2. The Kier molecular flexibility index (Phi) is 6.02. The summed E-state index contributed by atoms with van der Waals surface area (Å²) in [6.07, 6.45) is -4.09. The van der Waals surface area contributed by atoms with Gasteiger partial charge in [0.25, 0.3) is 5.91 Å². The summed E-state index contributed by atoms with van der Waals surface area (Å²) in [4.78, 5) is 18.8. The second-order valence-corrected chi connectivity index (χ2v) is 8.64. The van der Waals surface area contributed by atoms with Crippen molar-refractivity contribution in [2.24, 2.45) is 0 Å². The van der Waals surface area contributed by atoms with Gasteiger partial charge < -0.3 is 5.32 Å². The van der Waals surface area contributed by atoms with Gasteiger partial charge in [-0.2, -0.15) is 13.2 Å². The summed E-state index contributed by atoms with van der Waals surface area (Å²) in [6.45, 7) is 4.21. The molecule has 0 spiro atoms. The SMILES string of the molecule is Cc1cc2nc(-c3cccs3)cc(C(=O)NCCc3cccc(C(F)(F)F)c3)c2cc1C. The summed E-state index contributed by atoms with van der Waals surface area (Å²) in [5, 5.41) is 5.57. The smallest absolute Gasteiger partial charge is 0.352 e. The summed E-state index contributed by atoms with van der Waals surface area (Å²) in [5.74, 6) is -0.273. The number of alkyl halides is 3. The number of rotatable bonds is 5. The van der Waals surface area contributed by atoms with Crippen LogP contribution in [-0.2, 0) is 12.6 Å². The summed E-state index contributed by atoms with van der Waals surface area (Å²) in [7, 11) is 0. The lowest BCUT2D eigenvalue weighted by Gasteiger charge is -2.12. The summed E-state index contributed by atoms with van der Waals surface area (Å²) in [6, 6.07) is 14.8. The van der Waals surface area contributed by atoms with E-state index in [9.17, 15) is 18.0 Å². The van der Waals surface area contributed by atoms with E-state index >= 15 is 0 Å². The van der Waals surface area contributed by atoms with E-state index in [1.54, 1.807) is 23.5 Å². The minimum atomic E-state index is -4.39. The lowest BCUT2D eigenvalue weighted by molar-refractivity contribution is -0.137. The Morgan fingerprint density at radius 3 is 2.53 bits per heavy atom. The van der Waals surface area contributed by atoms with Crippen LogP contribution in [-0.4, -0.2) is 17.4 Å². The van der Waals surface area contributed by atoms with Gasteiger partial charge in [-0.05, 0) is 72.7 Å². The molecule has 2 heterocycles. The number of hydrogen-bond donors (Lipinski definition) is 1. The van der Waals surface area contributed by atoms with Gasteiger partial charge >= 0.3 is 6.18 Å². The minimum Gasteiger partial charge on any atom is -0.352 e. The molecule has 2 aromatic heterocycles. The highest BCUT2D eigenvalue weighted by Gasteiger charge is 2.30. The molecule has 1 amide bonds. The third kappa shape index (κ3) is 4.67. The Hall–Kier alpha value is -3.19. The predicted octanol–water partition coefficient (Wildman–Crippen LogP) is 6.57. The Labute approximate surface area is 187 Å². The zero-order valence-electron chi connectivity index (χ0n) is 17.6. The lowest BCUT2D eigenvalue weighted by Crippen LogP contribution is -2.26. The molecule has 4 aromatic rings. The first kappa shape index (κ1) is 22.0. The number of amides is 1. The first-order chi connectivity index (χ1) is 15.2. The van der Waals surface area contributed by atoms with Gasteiger partial charge in [0.1, 0.15) is 0 Å². The molecule has 0 atom stereocenters. The molecule has 164 valence electrons. The van der Waals surface area contributed by atoms with Crippen LogP contribution < -0.4 is 5.32 Å². The van der Waals surface area contributed by atoms with Gasteiger partial charge in [-0.25, -0.2) is 4.98 Å². The Morgan fingerprint density at radius 2 is 1.81 bits per heavy atom. The predicted molar refractivity (Wildman–Crippen MR) is 122 cm³/mol. The summed E-state index contributed by atoms with van der Waals surface area (Å²) < 4.78 is 38.8. The van der Waals surface area contributed by atoms with Crippen molar-refractivity contribution in [1.29, 1.82) is 0 Å². The molecule has 4 rings (SSSR count). The van der Waals surface area contributed by atoms with E-state index in [4.69, 9.17) is 4.98 Å². The molecule has 3 nitrogen and oxygen atoms in total. The summed E-state index contributed by atoms with van der Waals surface area (Å²) in [5.41, 5.74) is 3.94. The van der Waals surface area contributed by atoms with Crippen LogP contribution >= 0.6 is 11.3 Å². The zero-order valence-corrected chi connectivity index (χ0v) is 18.4. The number of pyridine rings is 1. The van der Waals surface area contributed by atoms with Crippen LogP contribution in [0.15, 0.2) is 60.0 Å². The third-order valence-electron chi connectivity index (χ3n) is 5.40. The molecule has 32 heavy (non-hydrogen) atoms. The molecule has 0 aliphatic heterocycles. The average Bonchev–Trinajstić information content (AvgIpc) is 3.28. The van der Waals surface area contributed by atoms with Crippen LogP contribution in [0.4, 0.5) is 13.2 Å². The Balaban J connectivity index is 1.60. The number of thiophene rings is 1. The zero-order chi connectivity index (χ0) is 22.9. The maximum Gasteiger partial charge on any atom is 0.416 e. The van der Waals surface area contributed by atoms with Crippen molar-refractivity contribution in [3.63, 3.8) is 0 Å². The molecular formula is C25H21F3N2OS. The second-order valence-electron chi connectivity index (χ2n) is 7.69. The monoisotopic (exact) mass is 454 g/mol. The molecule has 0 aliphatic rings. The number of carbonyl (C=O) groups excluding carboxylic acids is 1. The van der Waals surface area contributed by atoms with E-state index < -0.39 is 11.7 Å². The third-order valence-corrected chi connectivity index (χ3v) is 6.29. The fraction of sp³-hybridized carbons (Fsp3) is 0.200. The standard InChI is InChI=1S/C25H21F3N2OS/c1-15-11-19-20(14-22(23-7-4-10-32-23)30-21(19)12-16(15)2)24(31)29-9-8-17-5-3-6-18(13-17)25(26,27)28/h3-7,10-14H,8-9H2,1-2H3,(H,29,31). The van der Waals surface area contributed by atoms with Crippen LogP contribution in [0.2, 0.25) is 0 Å².